The molecular weight excluding hydrogens is 376 g/mol. The number of carboxylic acid groups (broad SMARTS) is 1. The highest BCUT2D eigenvalue weighted by molar-refractivity contribution is 7.89. The van der Waals surface area contributed by atoms with E-state index in [1.54, 1.807) is 0 Å². The number of carboxylic acids is 1. The van der Waals surface area contributed by atoms with Crippen molar-refractivity contribution in [2.75, 3.05) is 13.1 Å². The van der Waals surface area contributed by atoms with Gasteiger partial charge in [-0.15, -0.1) is 11.3 Å². The summed E-state index contributed by atoms with van der Waals surface area (Å²) < 4.78 is 27.2. The summed E-state index contributed by atoms with van der Waals surface area (Å²) in [5.41, 5.74) is 0.341. The molecule has 1 aromatic carbocycles. The van der Waals surface area contributed by atoms with Gasteiger partial charge in [-0.2, -0.15) is 0 Å². The van der Waals surface area contributed by atoms with Crippen LogP contribution in [0.4, 0.5) is 0 Å². The van der Waals surface area contributed by atoms with Crippen molar-refractivity contribution in [2.45, 2.75) is 17.9 Å². The summed E-state index contributed by atoms with van der Waals surface area (Å²) in [6.07, 6.45) is 0.431. The maximum Gasteiger partial charge on any atom is 0.308 e. The number of rotatable bonds is 6. The number of benzene rings is 1. The van der Waals surface area contributed by atoms with Crippen molar-refractivity contribution in [3.63, 3.8) is 0 Å². The first kappa shape index (κ1) is 18.6. The van der Waals surface area contributed by atoms with Crippen LogP contribution in [0.15, 0.2) is 46.7 Å². The number of nitrogens with one attached hydrogen (secondary N) is 1. The van der Waals surface area contributed by atoms with Crippen LogP contribution in [0.25, 0.3) is 0 Å². The van der Waals surface area contributed by atoms with E-state index in [-0.39, 0.29) is 23.9 Å². The third-order valence-corrected chi connectivity index (χ3v) is 6.55. The lowest BCUT2D eigenvalue weighted by Crippen LogP contribution is -2.30. The molecule has 7 nitrogen and oxygen atoms in total. The molecule has 2 aromatic rings. The Labute approximate surface area is 155 Å². The summed E-state index contributed by atoms with van der Waals surface area (Å²) in [6.45, 7) is 0.778. The third-order valence-electron chi connectivity index (χ3n) is 4.25. The first-order chi connectivity index (χ1) is 12.4. The van der Waals surface area contributed by atoms with Crippen LogP contribution in [0.3, 0.4) is 0 Å². The fourth-order valence-corrected chi connectivity index (χ4v) is 4.51. The minimum absolute atomic E-state index is 0.0791. The Hall–Kier alpha value is -2.23. The molecule has 0 bridgehead atoms. The van der Waals surface area contributed by atoms with Gasteiger partial charge in [0.25, 0.3) is 5.91 Å². The van der Waals surface area contributed by atoms with Crippen LogP contribution in [-0.4, -0.2) is 43.4 Å². The highest BCUT2D eigenvalue weighted by Crippen LogP contribution is 2.20. The Morgan fingerprint density at radius 1 is 1.23 bits per heavy atom. The zero-order chi connectivity index (χ0) is 18.7. The van der Waals surface area contributed by atoms with Gasteiger partial charge in [0.2, 0.25) is 10.0 Å². The summed E-state index contributed by atoms with van der Waals surface area (Å²) in [6, 6.07) is 9.37. The lowest BCUT2D eigenvalue weighted by molar-refractivity contribution is -0.141. The number of hydrogen-bond acceptors (Lipinski definition) is 5. The number of carbonyl (C=O) groups excluding carboxylic acids is 1. The summed E-state index contributed by atoms with van der Waals surface area (Å²) in [5, 5.41) is 10.9. The van der Waals surface area contributed by atoms with Crippen LogP contribution < -0.4 is 4.72 Å². The molecular formula is C17H18N2O5S2. The third kappa shape index (κ3) is 4.12. The van der Waals surface area contributed by atoms with E-state index in [1.807, 2.05) is 17.5 Å². The molecule has 1 aromatic heterocycles. The molecule has 0 radical (unpaired) electrons. The first-order valence-electron chi connectivity index (χ1n) is 8.01. The highest BCUT2D eigenvalue weighted by atomic mass is 32.2. The molecule has 0 aliphatic carbocycles. The first-order valence-corrected chi connectivity index (χ1v) is 10.4. The zero-order valence-electron chi connectivity index (χ0n) is 13.8. The van der Waals surface area contributed by atoms with Crippen molar-refractivity contribution in [2.24, 2.45) is 5.92 Å². The monoisotopic (exact) mass is 394 g/mol. The number of hydrogen-bond donors (Lipinski definition) is 2. The Balaban J connectivity index is 1.66. The van der Waals surface area contributed by atoms with Gasteiger partial charge in [-0.25, -0.2) is 13.1 Å². The van der Waals surface area contributed by atoms with Crippen LogP contribution in [0, 0.1) is 5.92 Å². The standard InChI is InChI=1S/C17H18N2O5S2/c20-16(19-8-7-13(11-19)17(21)22)12-3-5-15(6-4-12)26(23,24)18-10-14-2-1-9-25-14/h1-6,9,13,18H,7-8,10-11H2,(H,21,22). The summed E-state index contributed by atoms with van der Waals surface area (Å²) in [4.78, 5) is 25.9. The van der Waals surface area contributed by atoms with Gasteiger partial charge >= 0.3 is 5.97 Å². The van der Waals surface area contributed by atoms with Crippen molar-refractivity contribution in [1.82, 2.24) is 9.62 Å². The molecule has 1 atom stereocenters. The van der Waals surface area contributed by atoms with Crippen molar-refractivity contribution in [1.29, 1.82) is 0 Å². The summed E-state index contributed by atoms with van der Waals surface area (Å²) in [5.74, 6) is -1.73. The van der Waals surface area contributed by atoms with Gasteiger partial charge in [-0.05, 0) is 42.1 Å². The number of thiophene rings is 1. The second-order valence-electron chi connectivity index (χ2n) is 6.00. The van der Waals surface area contributed by atoms with Crippen LogP contribution in [0.5, 0.6) is 0 Å². The van der Waals surface area contributed by atoms with Gasteiger partial charge in [0.05, 0.1) is 10.8 Å². The second-order valence-corrected chi connectivity index (χ2v) is 8.80. The van der Waals surface area contributed by atoms with Crippen molar-refractivity contribution in [3.05, 3.63) is 52.2 Å². The Morgan fingerprint density at radius 3 is 2.54 bits per heavy atom. The van der Waals surface area contributed by atoms with Gasteiger partial charge < -0.3 is 10.0 Å². The Kier molecular flexibility index (Phi) is 5.40. The Bertz CT molecular complexity index is 892. The van der Waals surface area contributed by atoms with Gasteiger partial charge in [-0.3, -0.25) is 9.59 Å². The summed E-state index contributed by atoms with van der Waals surface area (Å²) >= 11 is 1.46. The average Bonchev–Trinajstić information content (AvgIpc) is 3.31. The minimum atomic E-state index is -3.66. The predicted octanol–water partition coefficient (Wildman–Crippen LogP) is 1.77. The van der Waals surface area contributed by atoms with Crippen molar-refractivity contribution < 1.29 is 23.1 Å². The van der Waals surface area contributed by atoms with Crippen molar-refractivity contribution >= 4 is 33.2 Å². The molecule has 0 saturated carbocycles. The molecule has 26 heavy (non-hydrogen) atoms. The van der Waals surface area contributed by atoms with E-state index in [0.717, 1.165) is 4.88 Å². The topological polar surface area (TPSA) is 104 Å². The lowest BCUT2D eigenvalue weighted by Gasteiger charge is -2.16. The molecule has 1 aliphatic rings. The number of likely N-dealkylation sites (tertiary alicyclic amines) is 1. The lowest BCUT2D eigenvalue weighted by atomic mass is 10.1. The smallest absolute Gasteiger partial charge is 0.308 e. The molecule has 3 rings (SSSR count). The fraction of sp³-hybridized carbons (Fsp3) is 0.294. The van der Waals surface area contributed by atoms with E-state index in [2.05, 4.69) is 4.72 Å². The van der Waals surface area contributed by atoms with E-state index < -0.39 is 21.9 Å². The van der Waals surface area contributed by atoms with Crippen molar-refractivity contribution in [3.8, 4) is 0 Å². The van der Waals surface area contributed by atoms with Gasteiger partial charge in [-0.1, -0.05) is 6.07 Å². The van der Waals surface area contributed by atoms with Gasteiger partial charge in [0.15, 0.2) is 0 Å². The molecule has 1 fully saturated rings. The highest BCUT2D eigenvalue weighted by Gasteiger charge is 2.31. The van der Waals surface area contributed by atoms with Gasteiger partial charge in [0.1, 0.15) is 0 Å². The SMILES string of the molecule is O=C(O)C1CCN(C(=O)c2ccc(S(=O)(=O)NCc3cccs3)cc2)C1. The molecule has 2 N–H and O–H groups in total. The summed E-state index contributed by atoms with van der Waals surface area (Å²) in [7, 11) is -3.66. The maximum atomic E-state index is 12.4. The predicted molar refractivity (Wildman–Crippen MR) is 96.4 cm³/mol. The van der Waals surface area contributed by atoms with E-state index >= 15 is 0 Å². The van der Waals surface area contributed by atoms with E-state index in [9.17, 15) is 18.0 Å². The van der Waals surface area contributed by atoms with Crippen LogP contribution in [0.2, 0.25) is 0 Å². The number of nitrogens with zero attached hydrogens (tertiary/aromatic N) is 1. The van der Waals surface area contributed by atoms with Crippen LogP contribution >= 0.6 is 11.3 Å². The molecule has 1 saturated heterocycles. The zero-order valence-corrected chi connectivity index (χ0v) is 15.4. The van der Waals surface area contributed by atoms with E-state index in [0.29, 0.717) is 18.5 Å². The van der Waals surface area contributed by atoms with E-state index in [1.165, 1.54) is 40.5 Å². The molecule has 1 aliphatic heterocycles. The molecule has 138 valence electrons. The quantitative estimate of drug-likeness (QED) is 0.777. The number of aliphatic carboxylic acids is 1. The fourth-order valence-electron chi connectivity index (χ4n) is 2.77. The van der Waals surface area contributed by atoms with Crippen LogP contribution in [-0.2, 0) is 21.4 Å². The maximum absolute atomic E-state index is 12.4. The number of carbonyl (C=O) groups is 2. The Morgan fingerprint density at radius 2 is 1.96 bits per heavy atom. The molecule has 1 amide bonds. The minimum Gasteiger partial charge on any atom is -0.481 e. The van der Waals surface area contributed by atoms with Crippen LogP contribution in [0.1, 0.15) is 21.7 Å². The van der Waals surface area contributed by atoms with Gasteiger partial charge in [0, 0.05) is 30.1 Å². The molecule has 9 heteroatoms. The molecule has 0 spiro atoms. The normalized spacial score (nSPS) is 17.4. The number of amides is 1. The number of sulfonamides is 1. The molecule has 1 unspecified atom stereocenters. The largest absolute Gasteiger partial charge is 0.481 e. The van der Waals surface area contributed by atoms with E-state index in [4.69, 9.17) is 5.11 Å². The average molecular weight is 394 g/mol. The molecule has 2 heterocycles. The second kappa shape index (κ2) is 7.56.